The van der Waals surface area contributed by atoms with Crippen molar-refractivity contribution in [1.82, 2.24) is 9.36 Å². The van der Waals surface area contributed by atoms with Gasteiger partial charge in [0.2, 0.25) is 5.91 Å². The number of ether oxygens (including phenoxy) is 2. The normalized spacial score (nSPS) is 10.5. The highest BCUT2D eigenvalue weighted by atomic mass is 32.2. The molecule has 3 aromatic rings. The highest BCUT2D eigenvalue weighted by Crippen LogP contribution is 2.30. The molecule has 0 aliphatic carbocycles. The molecule has 0 saturated heterocycles. The zero-order valence-electron chi connectivity index (χ0n) is 15.2. The predicted molar refractivity (Wildman–Crippen MR) is 109 cm³/mol. The van der Waals surface area contributed by atoms with E-state index in [2.05, 4.69) is 14.7 Å². The van der Waals surface area contributed by atoms with Gasteiger partial charge in [0.05, 0.1) is 25.7 Å². The Balaban J connectivity index is 1.62. The van der Waals surface area contributed by atoms with E-state index in [1.165, 1.54) is 23.3 Å². The second kappa shape index (κ2) is 8.88. The summed E-state index contributed by atoms with van der Waals surface area (Å²) >= 11 is 2.64. The van der Waals surface area contributed by atoms with Gasteiger partial charge in [-0.25, -0.2) is 4.98 Å². The second-order valence-electron chi connectivity index (χ2n) is 5.66. The summed E-state index contributed by atoms with van der Waals surface area (Å²) in [5.74, 6) is 1.97. The Hall–Kier alpha value is -2.58. The Morgan fingerprint density at radius 1 is 1.19 bits per heavy atom. The van der Waals surface area contributed by atoms with Crippen molar-refractivity contribution in [3.63, 3.8) is 0 Å². The number of methoxy groups -OCH3 is 2. The van der Waals surface area contributed by atoms with Gasteiger partial charge in [-0.3, -0.25) is 4.79 Å². The van der Waals surface area contributed by atoms with Gasteiger partial charge in [-0.2, -0.15) is 4.37 Å². The van der Waals surface area contributed by atoms with Gasteiger partial charge in [0.1, 0.15) is 11.5 Å². The summed E-state index contributed by atoms with van der Waals surface area (Å²) in [5.41, 5.74) is 2.70. The van der Waals surface area contributed by atoms with E-state index >= 15 is 0 Å². The lowest BCUT2D eigenvalue weighted by Crippen LogP contribution is -2.14. The summed E-state index contributed by atoms with van der Waals surface area (Å²) in [6, 6.07) is 13.3. The van der Waals surface area contributed by atoms with Gasteiger partial charge in [-0.15, -0.1) is 0 Å². The number of benzene rings is 2. The Bertz CT molecular complexity index is 943. The summed E-state index contributed by atoms with van der Waals surface area (Å²) in [4.78, 5) is 16.8. The van der Waals surface area contributed by atoms with Crippen LogP contribution in [0, 0.1) is 6.92 Å². The first-order chi connectivity index (χ1) is 13.1. The Labute approximate surface area is 166 Å². The van der Waals surface area contributed by atoms with Crippen LogP contribution in [-0.2, 0) is 4.79 Å². The topological polar surface area (TPSA) is 73.3 Å². The van der Waals surface area contributed by atoms with E-state index in [9.17, 15) is 4.79 Å². The first-order valence-electron chi connectivity index (χ1n) is 8.14. The van der Waals surface area contributed by atoms with E-state index in [-0.39, 0.29) is 11.7 Å². The van der Waals surface area contributed by atoms with Crippen LogP contribution in [0.5, 0.6) is 11.5 Å². The molecule has 0 spiro atoms. The van der Waals surface area contributed by atoms with E-state index in [0.29, 0.717) is 23.0 Å². The van der Waals surface area contributed by atoms with Gasteiger partial charge < -0.3 is 14.8 Å². The average molecular weight is 402 g/mol. The average Bonchev–Trinajstić information content (AvgIpc) is 3.15. The quantitative estimate of drug-likeness (QED) is 0.596. The molecule has 6 nitrogen and oxygen atoms in total. The summed E-state index contributed by atoms with van der Waals surface area (Å²) in [7, 11) is 3.13. The van der Waals surface area contributed by atoms with Crippen molar-refractivity contribution in [3.8, 4) is 22.9 Å². The standard InChI is InChI=1S/C19H19N3O3S2/c1-12-5-4-6-13(9-12)18-21-19(27-22-18)26-11-17(23)20-15-10-14(24-2)7-8-16(15)25-3/h4-10H,11H2,1-3H3,(H,20,23). The molecule has 0 bridgehead atoms. The SMILES string of the molecule is COc1ccc(OC)c(NC(=O)CSc2nc(-c3cccc(C)c3)ns2)c1. The van der Waals surface area contributed by atoms with Crippen LogP contribution in [0.3, 0.4) is 0 Å². The molecule has 140 valence electrons. The summed E-state index contributed by atoms with van der Waals surface area (Å²) in [6.45, 7) is 2.03. The van der Waals surface area contributed by atoms with E-state index in [0.717, 1.165) is 15.5 Å². The lowest BCUT2D eigenvalue weighted by Gasteiger charge is -2.11. The van der Waals surface area contributed by atoms with Crippen LogP contribution in [0.2, 0.25) is 0 Å². The Morgan fingerprint density at radius 3 is 2.78 bits per heavy atom. The van der Waals surface area contributed by atoms with Crippen molar-refractivity contribution < 1.29 is 14.3 Å². The third kappa shape index (κ3) is 4.99. The lowest BCUT2D eigenvalue weighted by atomic mass is 10.1. The number of carbonyl (C=O) groups excluding carboxylic acids is 1. The van der Waals surface area contributed by atoms with Gasteiger partial charge >= 0.3 is 0 Å². The largest absolute Gasteiger partial charge is 0.497 e. The minimum absolute atomic E-state index is 0.154. The molecule has 0 fully saturated rings. The molecule has 8 heteroatoms. The van der Waals surface area contributed by atoms with Gasteiger partial charge in [-0.1, -0.05) is 35.5 Å². The van der Waals surface area contributed by atoms with Gasteiger partial charge in [0.25, 0.3) is 0 Å². The maximum absolute atomic E-state index is 12.3. The number of hydrogen-bond acceptors (Lipinski definition) is 7. The Morgan fingerprint density at radius 2 is 2.04 bits per heavy atom. The number of nitrogens with one attached hydrogen (secondary N) is 1. The van der Waals surface area contributed by atoms with Gasteiger partial charge in [0, 0.05) is 11.6 Å². The van der Waals surface area contributed by atoms with Crippen LogP contribution < -0.4 is 14.8 Å². The maximum atomic E-state index is 12.3. The summed E-state index contributed by atoms with van der Waals surface area (Å²) in [6.07, 6.45) is 0. The van der Waals surface area contributed by atoms with Crippen molar-refractivity contribution in [3.05, 3.63) is 48.0 Å². The Kier molecular flexibility index (Phi) is 6.31. The first-order valence-corrected chi connectivity index (χ1v) is 9.90. The highest BCUT2D eigenvalue weighted by Gasteiger charge is 2.12. The number of thioether (sulfide) groups is 1. The molecule has 1 N–H and O–H groups in total. The summed E-state index contributed by atoms with van der Waals surface area (Å²) in [5, 5.41) is 2.84. The number of carbonyl (C=O) groups is 1. The molecule has 1 heterocycles. The van der Waals surface area contributed by atoms with Crippen molar-refractivity contribution in [1.29, 1.82) is 0 Å². The molecule has 0 saturated carbocycles. The molecular formula is C19H19N3O3S2. The maximum Gasteiger partial charge on any atom is 0.234 e. The zero-order valence-corrected chi connectivity index (χ0v) is 16.8. The predicted octanol–water partition coefficient (Wildman–Crippen LogP) is 4.26. The van der Waals surface area contributed by atoms with E-state index in [1.54, 1.807) is 32.4 Å². The number of amides is 1. The fourth-order valence-electron chi connectivity index (χ4n) is 2.39. The van der Waals surface area contributed by atoms with Crippen molar-refractivity contribution in [2.45, 2.75) is 11.3 Å². The molecule has 1 amide bonds. The molecule has 0 aliphatic rings. The molecule has 27 heavy (non-hydrogen) atoms. The van der Waals surface area contributed by atoms with Crippen molar-refractivity contribution in [2.24, 2.45) is 0 Å². The van der Waals surface area contributed by atoms with Gasteiger partial charge in [0.15, 0.2) is 10.2 Å². The minimum Gasteiger partial charge on any atom is -0.497 e. The number of nitrogens with zero attached hydrogens (tertiary/aromatic N) is 2. The molecule has 0 unspecified atom stereocenters. The first kappa shape index (κ1) is 19.2. The van der Waals surface area contributed by atoms with Crippen molar-refractivity contribution in [2.75, 3.05) is 25.3 Å². The minimum atomic E-state index is -0.154. The molecule has 3 rings (SSSR count). The third-order valence-corrected chi connectivity index (χ3v) is 5.52. The number of aromatic nitrogens is 2. The van der Waals surface area contributed by atoms with Crippen LogP contribution in [0.25, 0.3) is 11.4 Å². The molecule has 0 radical (unpaired) electrons. The number of hydrogen-bond donors (Lipinski definition) is 1. The lowest BCUT2D eigenvalue weighted by molar-refractivity contribution is -0.113. The molecule has 2 aromatic carbocycles. The van der Waals surface area contributed by atoms with E-state index < -0.39 is 0 Å². The van der Waals surface area contributed by atoms with Crippen LogP contribution >= 0.6 is 23.3 Å². The van der Waals surface area contributed by atoms with Crippen molar-refractivity contribution >= 4 is 34.9 Å². The number of aryl methyl sites for hydroxylation is 1. The molecular weight excluding hydrogens is 382 g/mol. The molecule has 0 atom stereocenters. The fraction of sp³-hybridized carbons (Fsp3) is 0.211. The van der Waals surface area contributed by atoms with E-state index in [1.807, 2.05) is 31.2 Å². The van der Waals surface area contributed by atoms with Crippen LogP contribution in [0.15, 0.2) is 46.8 Å². The number of anilines is 1. The smallest absolute Gasteiger partial charge is 0.234 e. The van der Waals surface area contributed by atoms with Crippen LogP contribution in [0.4, 0.5) is 5.69 Å². The zero-order chi connectivity index (χ0) is 19.2. The third-order valence-electron chi connectivity index (χ3n) is 3.69. The highest BCUT2D eigenvalue weighted by molar-refractivity contribution is 8.01. The fourth-order valence-corrected chi connectivity index (χ4v) is 3.81. The summed E-state index contributed by atoms with van der Waals surface area (Å²) < 4.78 is 15.6. The molecule has 0 aliphatic heterocycles. The monoisotopic (exact) mass is 401 g/mol. The van der Waals surface area contributed by atoms with E-state index in [4.69, 9.17) is 9.47 Å². The van der Waals surface area contributed by atoms with Crippen LogP contribution in [0.1, 0.15) is 5.56 Å². The van der Waals surface area contributed by atoms with Crippen LogP contribution in [-0.4, -0.2) is 35.2 Å². The number of rotatable bonds is 7. The molecule has 1 aromatic heterocycles. The second-order valence-corrected chi connectivity index (χ2v) is 7.63. The van der Waals surface area contributed by atoms with Gasteiger partial charge in [-0.05, 0) is 36.7 Å².